The largest absolute Gasteiger partial charge is 0.454 e. The van der Waals surface area contributed by atoms with Gasteiger partial charge in [-0.3, -0.25) is 4.79 Å². The summed E-state index contributed by atoms with van der Waals surface area (Å²) in [7, 11) is -3.46. The Kier molecular flexibility index (Phi) is 4.88. The predicted molar refractivity (Wildman–Crippen MR) is 100 cm³/mol. The number of fused-ring (bicyclic) bond motifs is 1. The first-order valence-electron chi connectivity index (χ1n) is 8.98. The summed E-state index contributed by atoms with van der Waals surface area (Å²) >= 11 is 0. The molecule has 6 nitrogen and oxygen atoms in total. The number of nitrogens with zero attached hydrogens (tertiary/aromatic N) is 1. The highest BCUT2D eigenvalue weighted by Crippen LogP contribution is 2.34. The third kappa shape index (κ3) is 3.84. The topological polar surface area (TPSA) is 72.9 Å². The molecule has 1 unspecified atom stereocenters. The minimum Gasteiger partial charge on any atom is -0.454 e. The van der Waals surface area contributed by atoms with Crippen LogP contribution in [0.15, 0.2) is 48.5 Å². The quantitative estimate of drug-likeness (QED) is 0.738. The van der Waals surface area contributed by atoms with E-state index in [4.69, 9.17) is 9.47 Å². The highest BCUT2D eigenvalue weighted by Gasteiger charge is 2.33. The van der Waals surface area contributed by atoms with Crippen LogP contribution < -0.4 is 9.47 Å². The summed E-state index contributed by atoms with van der Waals surface area (Å²) in [4.78, 5) is 12.9. The maximum atomic E-state index is 12.9. The number of rotatable bonds is 5. The monoisotopic (exact) mass is 387 g/mol. The summed E-state index contributed by atoms with van der Waals surface area (Å²) in [6, 6.07) is 14.2. The molecule has 1 atom stereocenters. The number of carbonyl (C=O) groups is 1. The van der Waals surface area contributed by atoms with Gasteiger partial charge in [-0.2, -0.15) is 0 Å². The summed E-state index contributed by atoms with van der Waals surface area (Å²) < 4.78 is 37.7. The van der Waals surface area contributed by atoms with Gasteiger partial charge in [-0.15, -0.1) is 0 Å². The molecule has 1 saturated heterocycles. The Morgan fingerprint density at radius 3 is 2.67 bits per heavy atom. The van der Waals surface area contributed by atoms with Crippen LogP contribution in [0.5, 0.6) is 11.5 Å². The number of Topliss-reactive ketones (excluding diaryl/α,β-unsaturated/α-hetero) is 1. The van der Waals surface area contributed by atoms with Crippen LogP contribution in [0.4, 0.5) is 0 Å². The van der Waals surface area contributed by atoms with Crippen LogP contribution in [0, 0.1) is 5.92 Å². The molecule has 27 heavy (non-hydrogen) atoms. The van der Waals surface area contributed by atoms with Gasteiger partial charge in [0.05, 0.1) is 5.75 Å². The first kappa shape index (κ1) is 18.0. The molecule has 7 heteroatoms. The van der Waals surface area contributed by atoms with E-state index in [1.165, 1.54) is 4.31 Å². The van der Waals surface area contributed by atoms with Gasteiger partial charge in [0.2, 0.25) is 16.8 Å². The molecule has 2 aliphatic heterocycles. The fourth-order valence-electron chi connectivity index (χ4n) is 3.57. The average Bonchev–Trinajstić information content (AvgIpc) is 3.16. The Labute approximate surface area is 158 Å². The lowest BCUT2D eigenvalue weighted by Crippen LogP contribution is -2.42. The molecule has 0 aliphatic carbocycles. The molecule has 0 aromatic heterocycles. The normalized spacial score (nSPS) is 19.8. The molecule has 0 bridgehead atoms. The second kappa shape index (κ2) is 7.32. The molecule has 2 aliphatic rings. The minimum absolute atomic E-state index is 0.0429. The van der Waals surface area contributed by atoms with Crippen molar-refractivity contribution in [2.24, 2.45) is 5.92 Å². The number of ether oxygens (including phenoxy) is 2. The number of hydrogen-bond donors (Lipinski definition) is 0. The molecule has 2 heterocycles. The first-order valence-corrected chi connectivity index (χ1v) is 10.6. The van der Waals surface area contributed by atoms with Gasteiger partial charge in [0.25, 0.3) is 0 Å². The smallest absolute Gasteiger partial charge is 0.231 e. The fourth-order valence-corrected chi connectivity index (χ4v) is 5.18. The summed E-state index contributed by atoms with van der Waals surface area (Å²) in [5.41, 5.74) is 1.29. The minimum atomic E-state index is -3.46. The van der Waals surface area contributed by atoms with Crippen LogP contribution >= 0.6 is 0 Å². The number of hydrogen-bond acceptors (Lipinski definition) is 5. The van der Waals surface area contributed by atoms with Gasteiger partial charge in [0, 0.05) is 24.6 Å². The van der Waals surface area contributed by atoms with Gasteiger partial charge >= 0.3 is 0 Å². The zero-order valence-corrected chi connectivity index (χ0v) is 15.7. The van der Waals surface area contributed by atoms with Crippen LogP contribution in [-0.4, -0.2) is 38.4 Å². The number of ketones is 1. The number of carbonyl (C=O) groups excluding carboxylic acids is 1. The van der Waals surface area contributed by atoms with Crippen molar-refractivity contribution in [3.63, 3.8) is 0 Å². The van der Waals surface area contributed by atoms with Crippen molar-refractivity contribution in [1.82, 2.24) is 4.31 Å². The van der Waals surface area contributed by atoms with E-state index in [9.17, 15) is 13.2 Å². The van der Waals surface area contributed by atoms with Crippen LogP contribution in [0.2, 0.25) is 0 Å². The highest BCUT2D eigenvalue weighted by atomic mass is 32.2. The SMILES string of the molecule is O=C(c1ccc2c(c1)OCO2)C1CCCN(S(=O)(=O)Cc2ccccc2)C1. The number of benzene rings is 2. The van der Waals surface area contributed by atoms with E-state index in [0.717, 1.165) is 5.56 Å². The maximum Gasteiger partial charge on any atom is 0.231 e. The van der Waals surface area contributed by atoms with Gasteiger partial charge in [-0.1, -0.05) is 30.3 Å². The van der Waals surface area contributed by atoms with Gasteiger partial charge in [-0.05, 0) is 36.6 Å². The predicted octanol–water partition coefficient (Wildman–Crippen LogP) is 2.84. The third-order valence-electron chi connectivity index (χ3n) is 5.00. The standard InChI is InChI=1S/C20H21NO5S/c22-20(16-8-9-18-19(11-16)26-14-25-18)17-7-4-10-21(12-17)27(23,24)13-15-5-2-1-3-6-15/h1-3,5-6,8-9,11,17H,4,7,10,12-14H2. The highest BCUT2D eigenvalue weighted by molar-refractivity contribution is 7.88. The van der Waals surface area contributed by atoms with Gasteiger partial charge in [0.1, 0.15) is 0 Å². The molecule has 0 radical (unpaired) electrons. The molecule has 142 valence electrons. The Morgan fingerprint density at radius 1 is 1.07 bits per heavy atom. The Balaban J connectivity index is 1.48. The average molecular weight is 387 g/mol. The van der Waals surface area contributed by atoms with Crippen molar-refractivity contribution in [2.75, 3.05) is 19.9 Å². The zero-order chi connectivity index (χ0) is 18.9. The third-order valence-corrected chi connectivity index (χ3v) is 6.81. The van der Waals surface area contributed by atoms with E-state index in [1.807, 2.05) is 18.2 Å². The molecule has 0 spiro atoms. The molecule has 0 N–H and O–H groups in total. The first-order chi connectivity index (χ1) is 13.0. The molecule has 0 amide bonds. The van der Waals surface area contributed by atoms with Crippen LogP contribution in [-0.2, 0) is 15.8 Å². The summed E-state index contributed by atoms with van der Waals surface area (Å²) in [6.07, 6.45) is 1.36. The molecule has 4 rings (SSSR count). The van der Waals surface area contributed by atoms with Crippen molar-refractivity contribution in [3.8, 4) is 11.5 Å². The van der Waals surface area contributed by atoms with Gasteiger partial charge in [-0.25, -0.2) is 12.7 Å². The van der Waals surface area contributed by atoms with Crippen LogP contribution in [0.3, 0.4) is 0 Å². The Hall–Kier alpha value is -2.38. The van der Waals surface area contributed by atoms with E-state index in [1.54, 1.807) is 30.3 Å². The van der Waals surface area contributed by atoms with Crippen LogP contribution in [0.1, 0.15) is 28.8 Å². The Morgan fingerprint density at radius 2 is 1.85 bits per heavy atom. The van der Waals surface area contributed by atoms with Gasteiger partial charge < -0.3 is 9.47 Å². The van der Waals surface area contributed by atoms with E-state index >= 15 is 0 Å². The fraction of sp³-hybridized carbons (Fsp3) is 0.350. The summed E-state index contributed by atoms with van der Waals surface area (Å²) in [6.45, 7) is 0.838. The van der Waals surface area contributed by atoms with E-state index < -0.39 is 10.0 Å². The van der Waals surface area contributed by atoms with E-state index in [0.29, 0.717) is 36.4 Å². The molecular formula is C20H21NO5S. The van der Waals surface area contributed by atoms with Crippen molar-refractivity contribution in [1.29, 1.82) is 0 Å². The summed E-state index contributed by atoms with van der Waals surface area (Å²) in [5, 5.41) is 0. The lowest BCUT2D eigenvalue weighted by molar-refractivity contribution is 0.0872. The summed E-state index contributed by atoms with van der Waals surface area (Å²) in [5.74, 6) is 0.753. The maximum absolute atomic E-state index is 12.9. The molecule has 0 saturated carbocycles. The lowest BCUT2D eigenvalue weighted by atomic mass is 9.91. The Bertz CT molecular complexity index is 942. The molecular weight excluding hydrogens is 366 g/mol. The number of sulfonamides is 1. The van der Waals surface area contributed by atoms with Crippen molar-refractivity contribution in [2.45, 2.75) is 18.6 Å². The lowest BCUT2D eigenvalue weighted by Gasteiger charge is -2.31. The molecule has 2 aromatic carbocycles. The molecule has 2 aromatic rings. The molecule has 1 fully saturated rings. The van der Waals surface area contributed by atoms with Crippen molar-refractivity contribution >= 4 is 15.8 Å². The van der Waals surface area contributed by atoms with Crippen molar-refractivity contribution < 1.29 is 22.7 Å². The van der Waals surface area contributed by atoms with E-state index in [-0.39, 0.29) is 30.8 Å². The second-order valence-electron chi connectivity index (χ2n) is 6.87. The zero-order valence-electron chi connectivity index (χ0n) is 14.8. The van der Waals surface area contributed by atoms with Gasteiger partial charge in [0.15, 0.2) is 17.3 Å². The van der Waals surface area contributed by atoms with Crippen molar-refractivity contribution in [3.05, 3.63) is 59.7 Å². The van der Waals surface area contributed by atoms with Crippen LogP contribution in [0.25, 0.3) is 0 Å². The number of piperidine rings is 1. The second-order valence-corrected chi connectivity index (χ2v) is 8.84. The van der Waals surface area contributed by atoms with E-state index in [2.05, 4.69) is 0 Å².